The number of nitrogens with two attached hydrogens (primary N) is 1. The molecule has 0 radical (unpaired) electrons. The van der Waals surface area contributed by atoms with Crippen LogP contribution >= 0.6 is 11.3 Å². The van der Waals surface area contributed by atoms with Crippen molar-refractivity contribution in [1.82, 2.24) is 0 Å². The van der Waals surface area contributed by atoms with Crippen LogP contribution in [0.2, 0.25) is 0 Å². The Hall–Kier alpha value is -1.88. The molecule has 0 aliphatic carbocycles. The number of hydrogen-bond acceptors (Lipinski definition) is 4. The monoisotopic (exact) mass is 307 g/mol. The van der Waals surface area contributed by atoms with Gasteiger partial charge in [-0.2, -0.15) is 0 Å². The van der Waals surface area contributed by atoms with E-state index in [1.807, 2.05) is 6.92 Å². The van der Waals surface area contributed by atoms with E-state index in [1.54, 1.807) is 32.9 Å². The highest BCUT2D eigenvalue weighted by molar-refractivity contribution is 7.16. The Bertz CT molecular complexity index is 669. The normalized spacial score (nSPS) is 11.5. The number of carbonyl (C=O) groups is 1. The van der Waals surface area contributed by atoms with Gasteiger partial charge < -0.3 is 10.5 Å². The first-order chi connectivity index (χ1) is 9.69. The van der Waals surface area contributed by atoms with Gasteiger partial charge in [-0.1, -0.05) is 12.1 Å². The zero-order chi connectivity index (χ0) is 15.8. The number of rotatable bonds is 2. The van der Waals surface area contributed by atoms with Gasteiger partial charge in [0, 0.05) is 10.4 Å². The number of carbonyl (C=O) groups excluding carboxylic acids is 1. The average Bonchev–Trinajstić information content (AvgIpc) is 2.63. The fraction of sp³-hybridized carbons (Fsp3) is 0.312. The third kappa shape index (κ3) is 3.42. The van der Waals surface area contributed by atoms with Crippen molar-refractivity contribution < 1.29 is 13.9 Å². The molecule has 0 amide bonds. The molecule has 0 saturated carbocycles. The van der Waals surface area contributed by atoms with Gasteiger partial charge in [0.2, 0.25) is 0 Å². The maximum absolute atomic E-state index is 13.1. The van der Waals surface area contributed by atoms with E-state index in [2.05, 4.69) is 0 Å². The van der Waals surface area contributed by atoms with E-state index in [9.17, 15) is 9.18 Å². The number of ether oxygens (including phenoxy) is 1. The van der Waals surface area contributed by atoms with Gasteiger partial charge in [-0.05, 0) is 45.4 Å². The minimum Gasteiger partial charge on any atom is -0.456 e. The van der Waals surface area contributed by atoms with Crippen LogP contribution in [-0.2, 0) is 4.74 Å². The summed E-state index contributed by atoms with van der Waals surface area (Å²) in [6.45, 7) is 7.29. The molecule has 2 N–H and O–H groups in total. The van der Waals surface area contributed by atoms with Crippen LogP contribution in [0.4, 0.5) is 9.39 Å². The van der Waals surface area contributed by atoms with E-state index in [-0.39, 0.29) is 5.82 Å². The first kappa shape index (κ1) is 15.5. The third-order valence-electron chi connectivity index (χ3n) is 2.85. The Morgan fingerprint density at radius 1 is 1.24 bits per heavy atom. The van der Waals surface area contributed by atoms with Gasteiger partial charge in [0.05, 0.1) is 0 Å². The van der Waals surface area contributed by atoms with Gasteiger partial charge in [0.1, 0.15) is 22.0 Å². The number of aryl methyl sites for hydroxylation is 1. The fourth-order valence-electron chi connectivity index (χ4n) is 2.06. The van der Waals surface area contributed by atoms with Crippen molar-refractivity contribution in [2.24, 2.45) is 0 Å². The molecular formula is C16H18FNO2S. The quantitative estimate of drug-likeness (QED) is 0.837. The second-order valence-electron chi connectivity index (χ2n) is 5.78. The molecule has 1 heterocycles. The standard InChI is InChI=1S/C16H18FNO2S/c1-9-12(10-5-7-11(17)8-6-10)13(14(18)21-9)15(19)20-16(2,3)4/h5-8H,18H2,1-4H3. The zero-order valence-corrected chi connectivity index (χ0v) is 13.3. The summed E-state index contributed by atoms with van der Waals surface area (Å²) < 4.78 is 18.5. The van der Waals surface area contributed by atoms with Gasteiger partial charge in [-0.15, -0.1) is 11.3 Å². The van der Waals surface area contributed by atoms with Crippen LogP contribution in [0.3, 0.4) is 0 Å². The lowest BCUT2D eigenvalue weighted by Crippen LogP contribution is -2.24. The molecule has 0 fully saturated rings. The first-order valence-electron chi connectivity index (χ1n) is 6.57. The highest BCUT2D eigenvalue weighted by atomic mass is 32.1. The highest BCUT2D eigenvalue weighted by Crippen LogP contribution is 2.39. The van der Waals surface area contributed by atoms with Crippen LogP contribution in [0.25, 0.3) is 11.1 Å². The van der Waals surface area contributed by atoms with E-state index in [0.29, 0.717) is 16.1 Å². The van der Waals surface area contributed by atoms with Crippen molar-refractivity contribution in [3.8, 4) is 11.1 Å². The summed E-state index contributed by atoms with van der Waals surface area (Å²) in [5, 5.41) is 0.418. The fourth-order valence-corrected chi connectivity index (χ4v) is 3.00. The second kappa shape index (κ2) is 5.48. The van der Waals surface area contributed by atoms with E-state index >= 15 is 0 Å². The molecule has 2 rings (SSSR count). The molecule has 112 valence electrons. The predicted molar refractivity (Wildman–Crippen MR) is 84.0 cm³/mol. The van der Waals surface area contributed by atoms with Gasteiger partial charge in [-0.3, -0.25) is 0 Å². The van der Waals surface area contributed by atoms with Crippen LogP contribution in [0.15, 0.2) is 24.3 Å². The highest BCUT2D eigenvalue weighted by Gasteiger charge is 2.26. The van der Waals surface area contributed by atoms with Crippen molar-refractivity contribution in [2.75, 3.05) is 5.73 Å². The smallest absolute Gasteiger partial charge is 0.342 e. The molecule has 1 aromatic carbocycles. The lowest BCUT2D eigenvalue weighted by molar-refractivity contribution is 0.00721. The number of esters is 1. The molecule has 0 aliphatic heterocycles. The Labute approximate surface area is 127 Å². The Morgan fingerprint density at radius 3 is 2.33 bits per heavy atom. The molecule has 0 unspecified atom stereocenters. The molecule has 5 heteroatoms. The summed E-state index contributed by atoms with van der Waals surface area (Å²) in [6, 6.07) is 6.00. The van der Waals surface area contributed by atoms with E-state index < -0.39 is 11.6 Å². The van der Waals surface area contributed by atoms with Crippen LogP contribution in [0.5, 0.6) is 0 Å². The molecule has 0 aliphatic rings. The number of thiophene rings is 1. The molecule has 0 bridgehead atoms. The molecule has 3 nitrogen and oxygen atoms in total. The number of hydrogen-bond donors (Lipinski definition) is 1. The molecule has 2 aromatic rings. The van der Waals surface area contributed by atoms with E-state index in [1.165, 1.54) is 23.5 Å². The minimum absolute atomic E-state index is 0.321. The maximum atomic E-state index is 13.1. The summed E-state index contributed by atoms with van der Waals surface area (Å²) >= 11 is 1.33. The number of halogens is 1. The Morgan fingerprint density at radius 2 is 1.81 bits per heavy atom. The molecule has 0 saturated heterocycles. The number of benzene rings is 1. The van der Waals surface area contributed by atoms with Crippen molar-refractivity contribution in [3.63, 3.8) is 0 Å². The largest absolute Gasteiger partial charge is 0.456 e. The number of nitrogen functional groups attached to an aromatic ring is 1. The van der Waals surface area contributed by atoms with Crippen LogP contribution in [-0.4, -0.2) is 11.6 Å². The molecular weight excluding hydrogens is 289 g/mol. The maximum Gasteiger partial charge on any atom is 0.342 e. The summed E-state index contributed by atoms with van der Waals surface area (Å²) in [7, 11) is 0. The average molecular weight is 307 g/mol. The van der Waals surface area contributed by atoms with E-state index in [4.69, 9.17) is 10.5 Å². The van der Waals surface area contributed by atoms with Gasteiger partial charge >= 0.3 is 5.97 Å². The summed E-state index contributed by atoms with van der Waals surface area (Å²) in [5.41, 5.74) is 7.20. The van der Waals surface area contributed by atoms with Crippen LogP contribution in [0.1, 0.15) is 36.0 Å². The SMILES string of the molecule is Cc1sc(N)c(C(=O)OC(C)(C)C)c1-c1ccc(F)cc1. The van der Waals surface area contributed by atoms with Crippen LogP contribution < -0.4 is 5.73 Å². The van der Waals surface area contributed by atoms with Crippen molar-refractivity contribution in [2.45, 2.75) is 33.3 Å². The summed E-state index contributed by atoms with van der Waals surface area (Å²) in [5.74, 6) is -0.776. The van der Waals surface area contributed by atoms with E-state index in [0.717, 1.165) is 10.4 Å². The molecule has 1 aromatic heterocycles. The molecule has 21 heavy (non-hydrogen) atoms. The molecule has 0 atom stereocenters. The molecule has 0 spiro atoms. The lowest BCUT2D eigenvalue weighted by Gasteiger charge is -2.20. The van der Waals surface area contributed by atoms with Crippen molar-refractivity contribution in [1.29, 1.82) is 0 Å². The summed E-state index contributed by atoms with van der Waals surface area (Å²) in [4.78, 5) is 13.3. The second-order valence-corrected chi connectivity index (χ2v) is 7.04. The summed E-state index contributed by atoms with van der Waals surface area (Å²) in [6.07, 6.45) is 0. The Kier molecular flexibility index (Phi) is 4.05. The topological polar surface area (TPSA) is 52.3 Å². The Balaban J connectivity index is 2.52. The number of anilines is 1. The third-order valence-corrected chi connectivity index (χ3v) is 3.78. The van der Waals surface area contributed by atoms with Gasteiger partial charge in [-0.25, -0.2) is 9.18 Å². The van der Waals surface area contributed by atoms with Crippen LogP contribution in [0, 0.1) is 12.7 Å². The minimum atomic E-state index is -0.598. The van der Waals surface area contributed by atoms with Crippen molar-refractivity contribution in [3.05, 3.63) is 40.5 Å². The zero-order valence-electron chi connectivity index (χ0n) is 12.5. The predicted octanol–water partition coefficient (Wildman–Crippen LogP) is 4.40. The first-order valence-corrected chi connectivity index (χ1v) is 7.39. The van der Waals surface area contributed by atoms with Gasteiger partial charge in [0.25, 0.3) is 0 Å². The van der Waals surface area contributed by atoms with Gasteiger partial charge in [0.15, 0.2) is 0 Å². The lowest BCUT2D eigenvalue weighted by atomic mass is 10.0. The van der Waals surface area contributed by atoms with Crippen molar-refractivity contribution >= 4 is 22.3 Å².